The SMILES string of the molecule is COc1cc2cc(c1)Oc1c(OC)cc(cc1OC)CCCCCCC/C=C\CCCCC2. The Hall–Kier alpha value is -2.62. The van der Waals surface area contributed by atoms with E-state index in [2.05, 4.69) is 36.4 Å². The van der Waals surface area contributed by atoms with Gasteiger partial charge in [0, 0.05) is 6.07 Å². The molecule has 2 heterocycles. The lowest BCUT2D eigenvalue weighted by Gasteiger charge is -2.17. The largest absolute Gasteiger partial charge is 0.497 e. The highest BCUT2D eigenvalue weighted by Crippen LogP contribution is 2.42. The Kier molecular flexibility index (Phi) is 10.5. The summed E-state index contributed by atoms with van der Waals surface area (Å²) in [6.07, 6.45) is 19.1. The van der Waals surface area contributed by atoms with Crippen molar-refractivity contribution < 1.29 is 18.9 Å². The highest BCUT2D eigenvalue weighted by Gasteiger charge is 2.16. The van der Waals surface area contributed by atoms with Crippen molar-refractivity contribution in [1.29, 1.82) is 0 Å². The van der Waals surface area contributed by atoms with Crippen LogP contribution in [-0.4, -0.2) is 21.3 Å². The highest BCUT2D eigenvalue weighted by molar-refractivity contribution is 5.56. The second-order valence-corrected chi connectivity index (χ2v) is 8.83. The number of rotatable bonds is 3. The number of hydrogen-bond acceptors (Lipinski definition) is 4. The lowest BCUT2D eigenvalue weighted by Crippen LogP contribution is -1.98. The highest BCUT2D eigenvalue weighted by atomic mass is 16.5. The molecule has 4 heteroatoms. The van der Waals surface area contributed by atoms with E-state index in [0.717, 1.165) is 30.8 Å². The number of aryl methyl sites for hydroxylation is 2. The standard InChI is InChI=1S/C29H40O4/c1-30-25-18-23-16-14-12-10-8-6-4-5-7-9-11-13-15-17-24-20-27(31-2)29(28(21-24)32-3)33-26(19-23)22-25/h4,6,18-22H,5,7-17H2,1-3H3/b6-4-. The van der Waals surface area contributed by atoms with Gasteiger partial charge in [-0.25, -0.2) is 0 Å². The summed E-state index contributed by atoms with van der Waals surface area (Å²) >= 11 is 0. The summed E-state index contributed by atoms with van der Waals surface area (Å²) in [6, 6.07) is 10.3. The van der Waals surface area contributed by atoms with Crippen LogP contribution in [0.3, 0.4) is 0 Å². The second-order valence-electron chi connectivity index (χ2n) is 8.83. The van der Waals surface area contributed by atoms with E-state index >= 15 is 0 Å². The van der Waals surface area contributed by atoms with E-state index in [-0.39, 0.29) is 0 Å². The molecule has 4 bridgehead atoms. The predicted octanol–water partition coefficient (Wildman–Crippen LogP) is 8.06. The first-order valence-electron chi connectivity index (χ1n) is 12.5. The molecule has 0 amide bonds. The molecular weight excluding hydrogens is 412 g/mol. The van der Waals surface area contributed by atoms with E-state index in [0.29, 0.717) is 17.2 Å². The molecule has 0 saturated heterocycles. The van der Waals surface area contributed by atoms with Gasteiger partial charge in [-0.15, -0.1) is 0 Å². The van der Waals surface area contributed by atoms with E-state index in [1.165, 1.54) is 68.9 Å². The lowest BCUT2D eigenvalue weighted by molar-refractivity contribution is 0.344. The van der Waals surface area contributed by atoms with Crippen LogP contribution in [0.15, 0.2) is 42.5 Å². The van der Waals surface area contributed by atoms with Crippen molar-refractivity contribution in [2.45, 2.75) is 77.0 Å². The van der Waals surface area contributed by atoms with Crippen molar-refractivity contribution in [3.05, 3.63) is 53.6 Å². The van der Waals surface area contributed by atoms with Crippen molar-refractivity contribution in [2.75, 3.05) is 21.3 Å². The first-order valence-corrected chi connectivity index (χ1v) is 12.5. The van der Waals surface area contributed by atoms with Gasteiger partial charge in [0.25, 0.3) is 0 Å². The summed E-state index contributed by atoms with van der Waals surface area (Å²) in [5, 5.41) is 0. The van der Waals surface area contributed by atoms with Crippen molar-refractivity contribution in [2.24, 2.45) is 0 Å². The van der Waals surface area contributed by atoms with E-state index < -0.39 is 0 Å². The zero-order valence-corrected chi connectivity index (χ0v) is 20.7. The maximum atomic E-state index is 6.33. The van der Waals surface area contributed by atoms with Crippen LogP contribution in [0.4, 0.5) is 0 Å². The van der Waals surface area contributed by atoms with Gasteiger partial charge in [-0.1, -0.05) is 37.8 Å². The van der Waals surface area contributed by atoms with Crippen LogP contribution in [-0.2, 0) is 12.8 Å². The predicted molar refractivity (Wildman–Crippen MR) is 135 cm³/mol. The molecule has 2 aliphatic heterocycles. The molecule has 0 fully saturated rings. The van der Waals surface area contributed by atoms with Crippen LogP contribution >= 0.6 is 0 Å². The molecule has 0 aromatic heterocycles. The van der Waals surface area contributed by atoms with Crippen molar-refractivity contribution in [3.8, 4) is 28.7 Å². The van der Waals surface area contributed by atoms with Crippen LogP contribution < -0.4 is 18.9 Å². The lowest BCUT2D eigenvalue weighted by atomic mass is 10.0. The molecule has 0 saturated carbocycles. The summed E-state index contributed by atoms with van der Waals surface area (Å²) in [4.78, 5) is 0. The Morgan fingerprint density at radius 3 is 1.73 bits per heavy atom. The van der Waals surface area contributed by atoms with E-state index in [4.69, 9.17) is 18.9 Å². The number of fused-ring (bicyclic) bond motifs is 14. The third-order valence-corrected chi connectivity index (χ3v) is 6.25. The Balaban J connectivity index is 1.85. The van der Waals surface area contributed by atoms with Crippen LogP contribution in [0.2, 0.25) is 0 Å². The van der Waals surface area contributed by atoms with Gasteiger partial charge in [-0.3, -0.25) is 0 Å². The Morgan fingerprint density at radius 1 is 0.576 bits per heavy atom. The minimum atomic E-state index is 0.608. The normalized spacial score (nSPS) is 17.2. The smallest absolute Gasteiger partial charge is 0.211 e. The van der Waals surface area contributed by atoms with Gasteiger partial charge in [0.15, 0.2) is 11.5 Å². The minimum Gasteiger partial charge on any atom is -0.497 e. The number of methoxy groups -OCH3 is 3. The summed E-state index contributed by atoms with van der Waals surface area (Å²) in [5.74, 6) is 3.54. The van der Waals surface area contributed by atoms with E-state index in [9.17, 15) is 0 Å². The maximum Gasteiger partial charge on any atom is 0.211 e. The fourth-order valence-electron chi connectivity index (χ4n) is 4.37. The van der Waals surface area contributed by atoms with Gasteiger partial charge in [-0.2, -0.15) is 0 Å². The number of benzene rings is 2. The Morgan fingerprint density at radius 2 is 1.12 bits per heavy atom. The van der Waals surface area contributed by atoms with Crippen LogP contribution in [0.1, 0.15) is 75.3 Å². The molecule has 0 unspecified atom stereocenters. The fourth-order valence-corrected chi connectivity index (χ4v) is 4.37. The monoisotopic (exact) mass is 452 g/mol. The second kappa shape index (κ2) is 13.8. The maximum absolute atomic E-state index is 6.33. The van der Waals surface area contributed by atoms with Crippen molar-refractivity contribution >= 4 is 0 Å². The van der Waals surface area contributed by atoms with E-state index in [1.54, 1.807) is 21.3 Å². The first-order chi connectivity index (χ1) is 16.2. The molecule has 2 aromatic carbocycles. The Bertz CT molecular complexity index is 862. The topological polar surface area (TPSA) is 36.9 Å². The van der Waals surface area contributed by atoms with Crippen LogP contribution in [0.5, 0.6) is 28.7 Å². The number of ether oxygens (including phenoxy) is 4. The molecule has 4 nitrogen and oxygen atoms in total. The summed E-state index contributed by atoms with van der Waals surface area (Å²) < 4.78 is 23.3. The van der Waals surface area contributed by atoms with E-state index in [1.807, 2.05) is 6.07 Å². The van der Waals surface area contributed by atoms with Gasteiger partial charge >= 0.3 is 0 Å². The molecule has 0 radical (unpaired) electrons. The molecular formula is C29H40O4. The van der Waals surface area contributed by atoms with Gasteiger partial charge < -0.3 is 18.9 Å². The van der Waals surface area contributed by atoms with Crippen molar-refractivity contribution in [1.82, 2.24) is 0 Å². The zero-order valence-electron chi connectivity index (χ0n) is 20.7. The average Bonchev–Trinajstić information content (AvgIpc) is 2.83. The molecule has 0 atom stereocenters. The Labute approximate surface area is 199 Å². The average molecular weight is 453 g/mol. The van der Waals surface area contributed by atoms with Crippen LogP contribution in [0.25, 0.3) is 0 Å². The molecule has 2 aromatic rings. The van der Waals surface area contributed by atoms with Crippen molar-refractivity contribution in [3.63, 3.8) is 0 Å². The molecule has 0 N–H and O–H groups in total. The van der Waals surface area contributed by atoms with Gasteiger partial charge in [-0.05, 0) is 86.8 Å². The fraction of sp³-hybridized carbons (Fsp3) is 0.517. The summed E-state index contributed by atoms with van der Waals surface area (Å²) in [7, 11) is 5.06. The molecule has 0 spiro atoms. The van der Waals surface area contributed by atoms with Gasteiger partial charge in [0.2, 0.25) is 5.75 Å². The summed E-state index contributed by atoms with van der Waals surface area (Å²) in [6.45, 7) is 0. The van der Waals surface area contributed by atoms with Crippen LogP contribution in [0, 0.1) is 0 Å². The molecule has 0 aliphatic carbocycles. The van der Waals surface area contributed by atoms with Gasteiger partial charge in [0.1, 0.15) is 11.5 Å². The zero-order chi connectivity index (χ0) is 23.3. The third kappa shape index (κ3) is 8.03. The molecule has 2 aliphatic rings. The molecule has 4 rings (SSSR count). The third-order valence-electron chi connectivity index (χ3n) is 6.25. The summed E-state index contributed by atoms with van der Waals surface area (Å²) in [5.41, 5.74) is 2.43. The molecule has 180 valence electrons. The molecule has 33 heavy (non-hydrogen) atoms. The minimum absolute atomic E-state index is 0.608. The first kappa shape index (κ1) is 25.0. The quantitative estimate of drug-likeness (QED) is 0.441. The van der Waals surface area contributed by atoms with Gasteiger partial charge in [0.05, 0.1) is 21.3 Å². The number of hydrogen-bond donors (Lipinski definition) is 0. The number of allylic oxidation sites excluding steroid dienone is 2.